The van der Waals surface area contributed by atoms with E-state index in [2.05, 4.69) is 15.9 Å². The molecular formula is C23H21BrN2O3S. The molecule has 3 aromatic carbocycles. The van der Waals surface area contributed by atoms with E-state index in [1.807, 2.05) is 31.2 Å². The number of anilines is 2. The quantitative estimate of drug-likeness (QED) is 0.530. The molecule has 0 radical (unpaired) electrons. The van der Waals surface area contributed by atoms with Crippen molar-refractivity contribution in [1.82, 2.24) is 0 Å². The summed E-state index contributed by atoms with van der Waals surface area (Å²) in [5, 5.41) is 0. The van der Waals surface area contributed by atoms with Gasteiger partial charge in [-0.2, -0.15) is 0 Å². The van der Waals surface area contributed by atoms with Gasteiger partial charge in [0.2, 0.25) is 5.91 Å². The number of carbonyl (C=O) groups is 1. The summed E-state index contributed by atoms with van der Waals surface area (Å²) in [6.45, 7) is 1.70. The minimum atomic E-state index is -3.92. The molecular weight excluding hydrogens is 464 g/mol. The molecule has 1 aliphatic heterocycles. The van der Waals surface area contributed by atoms with Gasteiger partial charge in [-0.1, -0.05) is 52.3 Å². The van der Waals surface area contributed by atoms with Crippen molar-refractivity contribution in [3.8, 4) is 0 Å². The van der Waals surface area contributed by atoms with Crippen LogP contribution in [0.3, 0.4) is 0 Å². The fraction of sp³-hybridized carbons (Fsp3) is 0.174. The number of amides is 1. The van der Waals surface area contributed by atoms with Crippen molar-refractivity contribution in [2.24, 2.45) is 0 Å². The Bertz CT molecular complexity index is 1160. The lowest BCUT2D eigenvalue weighted by Crippen LogP contribution is -2.45. The maximum absolute atomic E-state index is 13.4. The molecule has 1 aliphatic rings. The van der Waals surface area contributed by atoms with Crippen molar-refractivity contribution in [2.75, 3.05) is 15.7 Å². The van der Waals surface area contributed by atoms with E-state index >= 15 is 0 Å². The highest BCUT2D eigenvalue weighted by Crippen LogP contribution is 2.33. The van der Waals surface area contributed by atoms with Gasteiger partial charge in [0.1, 0.15) is 6.54 Å². The average molecular weight is 485 g/mol. The summed E-state index contributed by atoms with van der Waals surface area (Å²) in [5.74, 6) is -0.255. The van der Waals surface area contributed by atoms with Gasteiger partial charge >= 0.3 is 0 Å². The number of hydrogen-bond acceptors (Lipinski definition) is 3. The molecule has 0 N–H and O–H groups in total. The Morgan fingerprint density at radius 2 is 1.63 bits per heavy atom. The molecule has 30 heavy (non-hydrogen) atoms. The van der Waals surface area contributed by atoms with Crippen LogP contribution in [0.2, 0.25) is 0 Å². The molecule has 0 saturated heterocycles. The summed E-state index contributed by atoms with van der Waals surface area (Å²) < 4.78 is 28.9. The minimum Gasteiger partial charge on any atom is -0.307 e. The summed E-state index contributed by atoms with van der Waals surface area (Å²) in [6, 6.07) is 22.8. The van der Waals surface area contributed by atoms with Crippen LogP contribution in [0.25, 0.3) is 0 Å². The van der Waals surface area contributed by atoms with E-state index in [4.69, 9.17) is 0 Å². The number of nitrogens with zero attached hydrogens (tertiary/aromatic N) is 2. The van der Waals surface area contributed by atoms with Gasteiger partial charge in [0.05, 0.1) is 10.6 Å². The third-order valence-corrected chi connectivity index (χ3v) is 7.52. The summed E-state index contributed by atoms with van der Waals surface area (Å²) in [4.78, 5) is 15.2. The van der Waals surface area contributed by atoms with E-state index in [0.717, 1.165) is 22.1 Å². The third-order valence-electron chi connectivity index (χ3n) is 5.20. The van der Waals surface area contributed by atoms with Crippen LogP contribution >= 0.6 is 15.9 Å². The van der Waals surface area contributed by atoms with Crippen molar-refractivity contribution in [3.63, 3.8) is 0 Å². The van der Waals surface area contributed by atoms with Crippen LogP contribution in [-0.4, -0.2) is 26.9 Å². The molecule has 0 unspecified atom stereocenters. The molecule has 0 fully saturated rings. The van der Waals surface area contributed by atoms with Crippen molar-refractivity contribution in [1.29, 1.82) is 0 Å². The summed E-state index contributed by atoms with van der Waals surface area (Å²) >= 11 is 3.38. The van der Waals surface area contributed by atoms with Crippen LogP contribution in [0.4, 0.5) is 11.4 Å². The molecule has 1 heterocycles. The molecule has 1 atom stereocenters. The summed E-state index contributed by atoms with van der Waals surface area (Å²) in [7, 11) is -3.92. The number of rotatable bonds is 5. The van der Waals surface area contributed by atoms with E-state index in [-0.39, 0.29) is 23.4 Å². The van der Waals surface area contributed by atoms with Crippen LogP contribution in [0.1, 0.15) is 12.5 Å². The number of carbonyl (C=O) groups excluding carboxylic acids is 1. The zero-order valence-corrected chi connectivity index (χ0v) is 18.8. The number of halogens is 1. The Kier molecular flexibility index (Phi) is 5.66. The topological polar surface area (TPSA) is 57.7 Å². The Hall–Kier alpha value is -2.64. The van der Waals surface area contributed by atoms with Gasteiger partial charge in [0, 0.05) is 16.2 Å². The second kappa shape index (κ2) is 8.24. The first kappa shape index (κ1) is 20.6. The van der Waals surface area contributed by atoms with Crippen LogP contribution in [0.15, 0.2) is 88.2 Å². The highest BCUT2D eigenvalue weighted by molar-refractivity contribution is 9.10. The lowest BCUT2D eigenvalue weighted by Gasteiger charge is -2.29. The van der Waals surface area contributed by atoms with Crippen LogP contribution in [0.5, 0.6) is 0 Å². The SMILES string of the molecule is C[C@@H]1Cc2ccccc2N1C(=O)CN(c1ccc(Br)cc1)S(=O)(=O)c1ccccc1. The molecule has 0 spiro atoms. The fourth-order valence-electron chi connectivity index (χ4n) is 3.79. The lowest BCUT2D eigenvalue weighted by atomic mass is 10.1. The zero-order chi connectivity index (χ0) is 21.3. The van der Waals surface area contributed by atoms with Crippen LogP contribution in [0, 0.1) is 0 Å². The van der Waals surface area contributed by atoms with Gasteiger partial charge in [-0.3, -0.25) is 9.10 Å². The van der Waals surface area contributed by atoms with Gasteiger partial charge in [-0.15, -0.1) is 0 Å². The van der Waals surface area contributed by atoms with Gasteiger partial charge in [0.25, 0.3) is 10.0 Å². The number of sulfonamides is 1. The minimum absolute atomic E-state index is 0.0268. The Morgan fingerprint density at radius 1 is 1.00 bits per heavy atom. The normalized spacial score (nSPS) is 15.7. The highest BCUT2D eigenvalue weighted by Gasteiger charge is 2.34. The Balaban J connectivity index is 1.72. The number of fused-ring (bicyclic) bond motifs is 1. The maximum atomic E-state index is 13.4. The van der Waals surface area contributed by atoms with Crippen molar-refractivity contribution in [3.05, 3.63) is 88.9 Å². The molecule has 1 amide bonds. The van der Waals surface area contributed by atoms with Gasteiger partial charge in [0.15, 0.2) is 0 Å². The third kappa shape index (κ3) is 3.87. The van der Waals surface area contributed by atoms with Gasteiger partial charge < -0.3 is 4.90 Å². The molecule has 0 aliphatic carbocycles. The molecule has 0 bridgehead atoms. The predicted octanol–water partition coefficient (Wildman–Crippen LogP) is 4.62. The summed E-state index contributed by atoms with van der Waals surface area (Å²) in [6.07, 6.45) is 0.756. The van der Waals surface area contributed by atoms with E-state index < -0.39 is 10.0 Å². The Morgan fingerprint density at radius 3 is 2.33 bits per heavy atom. The fourth-order valence-corrected chi connectivity index (χ4v) is 5.49. The van der Waals surface area contributed by atoms with Crippen LogP contribution in [-0.2, 0) is 21.2 Å². The van der Waals surface area contributed by atoms with Crippen molar-refractivity contribution < 1.29 is 13.2 Å². The van der Waals surface area contributed by atoms with E-state index in [0.29, 0.717) is 5.69 Å². The monoisotopic (exact) mass is 484 g/mol. The lowest BCUT2D eigenvalue weighted by molar-refractivity contribution is -0.117. The van der Waals surface area contributed by atoms with E-state index in [1.54, 1.807) is 59.5 Å². The second-order valence-corrected chi connectivity index (χ2v) is 10.0. The predicted molar refractivity (Wildman–Crippen MR) is 122 cm³/mol. The molecule has 7 heteroatoms. The largest absolute Gasteiger partial charge is 0.307 e. The van der Waals surface area contributed by atoms with Gasteiger partial charge in [-0.05, 0) is 61.4 Å². The highest BCUT2D eigenvalue weighted by atomic mass is 79.9. The summed E-state index contributed by atoms with van der Waals surface area (Å²) in [5.41, 5.74) is 2.39. The van der Waals surface area contributed by atoms with Gasteiger partial charge in [-0.25, -0.2) is 8.42 Å². The van der Waals surface area contributed by atoms with Crippen molar-refractivity contribution in [2.45, 2.75) is 24.3 Å². The molecule has 0 saturated carbocycles. The first-order valence-electron chi connectivity index (χ1n) is 9.61. The van der Waals surface area contributed by atoms with E-state index in [9.17, 15) is 13.2 Å². The number of benzene rings is 3. The molecule has 0 aromatic heterocycles. The maximum Gasteiger partial charge on any atom is 0.264 e. The van der Waals surface area contributed by atoms with Crippen LogP contribution < -0.4 is 9.21 Å². The average Bonchev–Trinajstić information content (AvgIpc) is 3.09. The molecule has 3 aromatic rings. The standard InChI is InChI=1S/C23H21BrN2O3S/c1-17-15-18-7-5-6-10-22(18)26(17)23(27)16-25(20-13-11-19(24)12-14-20)30(28,29)21-8-3-2-4-9-21/h2-14,17H,15-16H2,1H3/t17-/m1/s1. The van der Waals surface area contributed by atoms with E-state index in [1.165, 1.54) is 4.31 Å². The number of para-hydroxylation sites is 1. The first-order valence-corrected chi connectivity index (χ1v) is 11.8. The Labute approximate surface area is 185 Å². The first-order chi connectivity index (χ1) is 14.4. The second-order valence-electron chi connectivity index (χ2n) is 7.25. The number of hydrogen-bond donors (Lipinski definition) is 0. The molecule has 5 nitrogen and oxygen atoms in total. The molecule has 154 valence electrons. The zero-order valence-electron chi connectivity index (χ0n) is 16.4. The molecule has 4 rings (SSSR count). The van der Waals surface area contributed by atoms with Crippen molar-refractivity contribution >= 4 is 43.2 Å². The smallest absolute Gasteiger partial charge is 0.264 e.